The summed E-state index contributed by atoms with van der Waals surface area (Å²) in [4.78, 5) is 45.6. The number of carbonyl (C=O) groups excluding carboxylic acids is 2. The summed E-state index contributed by atoms with van der Waals surface area (Å²) in [6.45, 7) is 2.32. The molecule has 3 aromatic rings. The summed E-state index contributed by atoms with van der Waals surface area (Å²) in [6.07, 6.45) is 0.480. The number of thiazole rings is 1. The molecule has 0 radical (unpaired) electrons. The number of aryl methyl sites for hydroxylation is 1. The normalized spacial score (nSPS) is 22.8. The van der Waals surface area contributed by atoms with Crippen molar-refractivity contribution in [1.29, 1.82) is 0 Å². The maximum Gasteiger partial charge on any atom is 0.321 e. The molecule has 0 saturated carbocycles. The monoisotopic (exact) mass is 521 g/mol. The van der Waals surface area contributed by atoms with E-state index >= 15 is 0 Å². The molecule has 37 heavy (non-hydrogen) atoms. The smallest absolute Gasteiger partial charge is 0.321 e. The quantitative estimate of drug-likeness (QED) is 0.413. The first-order chi connectivity index (χ1) is 17.9. The Labute approximate surface area is 218 Å². The lowest BCUT2D eigenvalue weighted by Gasteiger charge is -2.24. The van der Waals surface area contributed by atoms with Crippen molar-refractivity contribution >= 4 is 29.1 Å². The summed E-state index contributed by atoms with van der Waals surface area (Å²) in [5, 5.41) is 13.0. The molecule has 2 aliphatic heterocycles. The number of likely N-dealkylation sites (tertiary alicyclic amines) is 1. The first-order valence-electron chi connectivity index (χ1n) is 12.0. The van der Waals surface area contributed by atoms with Crippen molar-refractivity contribution in [3.8, 4) is 11.5 Å². The number of rotatable bonds is 9. The Hall–Kier alpha value is -3.76. The second kappa shape index (κ2) is 10.3. The second-order valence-electron chi connectivity index (χ2n) is 9.10. The van der Waals surface area contributed by atoms with Gasteiger partial charge < -0.3 is 14.6 Å². The number of carbonyl (C=O) groups is 3. The van der Waals surface area contributed by atoms with Crippen LogP contribution >= 0.6 is 11.3 Å². The van der Waals surface area contributed by atoms with Gasteiger partial charge in [-0.3, -0.25) is 24.6 Å². The van der Waals surface area contributed by atoms with Gasteiger partial charge in [0.05, 0.1) is 30.2 Å². The number of nitrogens with one attached hydrogen (secondary N) is 1. The molecule has 1 aromatic heterocycles. The molecule has 0 aliphatic carbocycles. The van der Waals surface area contributed by atoms with Crippen LogP contribution < -0.4 is 14.8 Å². The topological polar surface area (TPSA) is 118 Å². The minimum atomic E-state index is -1.20. The molecule has 192 valence electrons. The Morgan fingerprint density at radius 1 is 1.11 bits per heavy atom. The van der Waals surface area contributed by atoms with Crippen LogP contribution in [-0.4, -0.2) is 52.5 Å². The third-order valence-corrected chi connectivity index (χ3v) is 8.03. The predicted octanol–water partition coefficient (Wildman–Crippen LogP) is 2.98. The number of benzene rings is 2. The minimum absolute atomic E-state index is 0.183. The summed E-state index contributed by atoms with van der Waals surface area (Å²) >= 11 is 1.47. The average molecular weight is 522 g/mol. The fraction of sp³-hybridized carbons (Fsp3) is 0.333. The van der Waals surface area contributed by atoms with Gasteiger partial charge in [-0.15, -0.1) is 11.3 Å². The molecule has 4 atom stereocenters. The summed E-state index contributed by atoms with van der Waals surface area (Å²) in [6, 6.07) is 13.0. The van der Waals surface area contributed by atoms with Gasteiger partial charge in [0.1, 0.15) is 12.6 Å². The number of carboxylic acids is 1. The van der Waals surface area contributed by atoms with Crippen LogP contribution in [0.5, 0.6) is 11.5 Å². The molecule has 10 heteroatoms. The van der Waals surface area contributed by atoms with E-state index in [0.29, 0.717) is 23.5 Å². The molecule has 3 heterocycles. The highest BCUT2D eigenvalue weighted by molar-refractivity contribution is 7.09. The molecular formula is C27H27N3O6S. The number of imide groups is 1. The van der Waals surface area contributed by atoms with E-state index in [9.17, 15) is 19.5 Å². The number of methoxy groups -OCH3 is 1. The van der Waals surface area contributed by atoms with Crippen LogP contribution in [0.2, 0.25) is 0 Å². The number of aromatic nitrogens is 1. The number of amides is 2. The van der Waals surface area contributed by atoms with Gasteiger partial charge in [0.25, 0.3) is 0 Å². The molecule has 2 aromatic carbocycles. The van der Waals surface area contributed by atoms with Crippen molar-refractivity contribution in [2.45, 2.75) is 32.0 Å². The zero-order valence-electron chi connectivity index (χ0n) is 20.4. The van der Waals surface area contributed by atoms with Crippen molar-refractivity contribution in [2.24, 2.45) is 11.8 Å². The van der Waals surface area contributed by atoms with Crippen LogP contribution in [0.15, 0.2) is 54.0 Å². The summed E-state index contributed by atoms with van der Waals surface area (Å²) < 4.78 is 11.7. The van der Waals surface area contributed by atoms with Crippen molar-refractivity contribution in [1.82, 2.24) is 15.2 Å². The maximum atomic E-state index is 13.6. The molecule has 9 nitrogen and oxygen atoms in total. The Bertz CT molecular complexity index is 1330. The number of para-hydroxylation sites is 1. The largest absolute Gasteiger partial charge is 0.493 e. The van der Waals surface area contributed by atoms with Crippen LogP contribution in [-0.2, 0) is 27.4 Å². The Morgan fingerprint density at radius 3 is 2.54 bits per heavy atom. The van der Waals surface area contributed by atoms with Gasteiger partial charge in [-0.25, -0.2) is 4.98 Å². The van der Waals surface area contributed by atoms with Crippen molar-refractivity contribution < 1.29 is 29.0 Å². The molecule has 2 amide bonds. The van der Waals surface area contributed by atoms with E-state index in [1.54, 1.807) is 23.7 Å². The van der Waals surface area contributed by atoms with Crippen LogP contribution in [0.4, 0.5) is 0 Å². The molecular weight excluding hydrogens is 494 g/mol. The lowest BCUT2D eigenvalue weighted by Crippen LogP contribution is -2.43. The van der Waals surface area contributed by atoms with E-state index in [2.05, 4.69) is 10.3 Å². The average Bonchev–Trinajstić information content (AvgIpc) is 3.57. The number of aliphatic carboxylic acids is 1. The summed E-state index contributed by atoms with van der Waals surface area (Å²) in [5.74, 6) is -3.03. The standard InChI is InChI=1S/C27H27N3O6S/c1-15-19(37-14-28-15)11-12-30-25(31)20-21(26(30)32)23(27(33)34)29-22(20)17-9-6-10-18(35-2)24(17)36-13-16-7-4-3-5-8-16/h3-10,14,20-23,29H,11-13H2,1-2H3,(H,33,34). The van der Waals surface area contributed by atoms with Gasteiger partial charge in [0.2, 0.25) is 11.8 Å². The summed E-state index contributed by atoms with van der Waals surface area (Å²) in [5.41, 5.74) is 4.11. The van der Waals surface area contributed by atoms with Gasteiger partial charge in [-0.05, 0) is 18.6 Å². The highest BCUT2D eigenvalue weighted by Crippen LogP contribution is 2.48. The van der Waals surface area contributed by atoms with Crippen molar-refractivity contribution in [3.63, 3.8) is 0 Å². The molecule has 2 N–H and O–H groups in total. The molecule has 4 unspecified atom stereocenters. The number of hydrogen-bond donors (Lipinski definition) is 2. The number of ether oxygens (including phenoxy) is 2. The van der Waals surface area contributed by atoms with E-state index in [1.807, 2.05) is 37.3 Å². The van der Waals surface area contributed by atoms with Crippen LogP contribution in [0.25, 0.3) is 0 Å². The maximum absolute atomic E-state index is 13.6. The minimum Gasteiger partial charge on any atom is -0.493 e. The van der Waals surface area contributed by atoms with Gasteiger partial charge in [-0.2, -0.15) is 0 Å². The lowest BCUT2D eigenvalue weighted by molar-refractivity contribution is -0.146. The number of nitrogens with zero attached hydrogens (tertiary/aromatic N) is 2. The van der Waals surface area contributed by atoms with Gasteiger partial charge >= 0.3 is 5.97 Å². The molecule has 5 rings (SSSR count). The molecule has 2 saturated heterocycles. The third kappa shape index (κ3) is 4.58. The zero-order chi connectivity index (χ0) is 26.1. The lowest BCUT2D eigenvalue weighted by atomic mass is 9.86. The predicted molar refractivity (Wildman–Crippen MR) is 135 cm³/mol. The highest BCUT2D eigenvalue weighted by Gasteiger charge is 2.61. The molecule has 2 fully saturated rings. The zero-order valence-corrected chi connectivity index (χ0v) is 21.2. The molecule has 0 bridgehead atoms. The Balaban J connectivity index is 1.47. The fourth-order valence-corrected chi connectivity index (χ4v) is 5.98. The SMILES string of the molecule is COc1cccc(C2NC(C(=O)O)C3C(=O)N(CCc4scnc4C)C(=O)C23)c1OCc1ccccc1. The number of carboxylic acid groups (broad SMARTS) is 1. The molecule has 2 aliphatic rings. The Kier molecular flexibility index (Phi) is 6.94. The van der Waals surface area contributed by atoms with Crippen LogP contribution in [0.3, 0.4) is 0 Å². The Morgan fingerprint density at radius 2 is 1.86 bits per heavy atom. The van der Waals surface area contributed by atoms with E-state index in [4.69, 9.17) is 9.47 Å². The third-order valence-electron chi connectivity index (χ3n) is 7.03. The molecule has 0 spiro atoms. The van der Waals surface area contributed by atoms with E-state index in [0.717, 1.165) is 16.1 Å². The van der Waals surface area contributed by atoms with Gasteiger partial charge in [0.15, 0.2) is 11.5 Å². The number of fused-ring (bicyclic) bond motifs is 1. The first-order valence-corrected chi connectivity index (χ1v) is 12.8. The van der Waals surface area contributed by atoms with Gasteiger partial charge in [-0.1, -0.05) is 42.5 Å². The second-order valence-corrected chi connectivity index (χ2v) is 10.0. The van der Waals surface area contributed by atoms with Crippen LogP contribution in [0, 0.1) is 18.8 Å². The van der Waals surface area contributed by atoms with E-state index in [-0.39, 0.29) is 19.1 Å². The van der Waals surface area contributed by atoms with E-state index < -0.39 is 35.8 Å². The van der Waals surface area contributed by atoms with Gasteiger partial charge in [0, 0.05) is 29.4 Å². The fourth-order valence-electron chi connectivity index (χ4n) is 5.21. The van der Waals surface area contributed by atoms with Crippen molar-refractivity contribution in [3.05, 3.63) is 75.7 Å². The van der Waals surface area contributed by atoms with E-state index in [1.165, 1.54) is 23.3 Å². The number of hydrogen-bond acceptors (Lipinski definition) is 8. The van der Waals surface area contributed by atoms with Crippen molar-refractivity contribution in [2.75, 3.05) is 13.7 Å². The first kappa shape index (κ1) is 24.9. The summed E-state index contributed by atoms with van der Waals surface area (Å²) in [7, 11) is 1.52. The van der Waals surface area contributed by atoms with Crippen LogP contribution in [0.1, 0.15) is 27.7 Å². The highest BCUT2D eigenvalue weighted by atomic mass is 32.1.